The number of hydrogen-bond acceptors (Lipinski definition) is 6. The minimum Gasteiger partial charge on any atom is -0.484 e. The third-order valence-electron chi connectivity index (χ3n) is 4.93. The molecular weight excluding hydrogens is 370 g/mol. The Morgan fingerprint density at radius 2 is 2.00 bits per heavy atom. The van der Waals surface area contributed by atoms with Crippen LogP contribution < -0.4 is 10.1 Å². The molecular formula is C21H25N5O3. The van der Waals surface area contributed by atoms with Crippen molar-refractivity contribution in [2.75, 3.05) is 19.7 Å². The summed E-state index contributed by atoms with van der Waals surface area (Å²) in [4.78, 5) is 14.4. The van der Waals surface area contributed by atoms with E-state index >= 15 is 0 Å². The lowest BCUT2D eigenvalue weighted by atomic mass is 10.3. The number of aromatic nitrogens is 3. The summed E-state index contributed by atoms with van der Waals surface area (Å²) in [5, 5.41) is 11.4. The van der Waals surface area contributed by atoms with Crippen molar-refractivity contribution >= 4 is 5.91 Å². The molecule has 3 aromatic rings. The summed E-state index contributed by atoms with van der Waals surface area (Å²) >= 11 is 0. The monoisotopic (exact) mass is 395 g/mol. The number of amides is 1. The summed E-state index contributed by atoms with van der Waals surface area (Å²) in [6.07, 6.45) is 0.817. The summed E-state index contributed by atoms with van der Waals surface area (Å²) in [5.74, 6) is 4.12. The zero-order valence-corrected chi connectivity index (χ0v) is 16.5. The van der Waals surface area contributed by atoms with Crippen LogP contribution in [0.25, 0.3) is 0 Å². The van der Waals surface area contributed by atoms with Crippen molar-refractivity contribution in [2.45, 2.75) is 33.0 Å². The Bertz CT molecular complexity index is 950. The minimum absolute atomic E-state index is 0.0264. The van der Waals surface area contributed by atoms with Gasteiger partial charge in [-0.25, -0.2) is 0 Å². The van der Waals surface area contributed by atoms with Crippen LogP contribution in [0.3, 0.4) is 0 Å². The Morgan fingerprint density at radius 3 is 2.79 bits per heavy atom. The van der Waals surface area contributed by atoms with Gasteiger partial charge in [-0.1, -0.05) is 18.2 Å². The molecule has 4 rings (SSSR count). The van der Waals surface area contributed by atoms with E-state index in [0.29, 0.717) is 12.3 Å². The van der Waals surface area contributed by atoms with Gasteiger partial charge in [-0.3, -0.25) is 9.69 Å². The number of para-hydroxylation sites is 1. The van der Waals surface area contributed by atoms with E-state index in [2.05, 4.69) is 25.0 Å². The molecule has 1 aliphatic rings. The smallest absolute Gasteiger partial charge is 0.258 e. The van der Waals surface area contributed by atoms with Crippen molar-refractivity contribution in [1.82, 2.24) is 25.0 Å². The van der Waals surface area contributed by atoms with Crippen LogP contribution in [0.2, 0.25) is 0 Å². The zero-order chi connectivity index (χ0) is 20.1. The van der Waals surface area contributed by atoms with Crippen LogP contribution in [0.4, 0.5) is 0 Å². The quantitative estimate of drug-likeness (QED) is 0.658. The second-order valence-corrected chi connectivity index (χ2v) is 7.10. The maximum Gasteiger partial charge on any atom is 0.258 e. The van der Waals surface area contributed by atoms with Crippen molar-refractivity contribution < 1.29 is 13.9 Å². The number of carbonyl (C=O) groups is 1. The standard InChI is InChI=1S/C21H25N5O3/c1-16-7-8-18(29-16)14-25-10-9-19-23-24-20(26(19)12-11-25)13-22-21(27)15-28-17-5-3-2-4-6-17/h2-8H,9-15H2,1H3,(H,22,27). The van der Waals surface area contributed by atoms with E-state index in [1.54, 1.807) is 0 Å². The summed E-state index contributed by atoms with van der Waals surface area (Å²) < 4.78 is 13.3. The van der Waals surface area contributed by atoms with Crippen LogP contribution in [0.5, 0.6) is 5.75 Å². The molecule has 0 spiro atoms. The molecule has 0 aliphatic carbocycles. The Labute approximate surface area is 169 Å². The van der Waals surface area contributed by atoms with Crippen molar-refractivity contribution in [1.29, 1.82) is 0 Å². The first-order valence-corrected chi connectivity index (χ1v) is 9.80. The number of hydrogen-bond donors (Lipinski definition) is 1. The lowest BCUT2D eigenvalue weighted by molar-refractivity contribution is -0.123. The number of benzene rings is 1. The van der Waals surface area contributed by atoms with E-state index in [0.717, 1.165) is 55.8 Å². The summed E-state index contributed by atoms with van der Waals surface area (Å²) in [7, 11) is 0. The number of furan rings is 1. The molecule has 1 amide bonds. The number of carbonyl (C=O) groups excluding carboxylic acids is 1. The SMILES string of the molecule is Cc1ccc(CN2CCc3nnc(CNC(=O)COc4ccccc4)n3CC2)o1. The van der Waals surface area contributed by atoms with Gasteiger partial charge >= 0.3 is 0 Å². The molecule has 0 radical (unpaired) electrons. The summed E-state index contributed by atoms with van der Waals surface area (Å²) in [5.41, 5.74) is 0. The van der Waals surface area contributed by atoms with Crippen molar-refractivity contribution in [3.8, 4) is 5.75 Å². The molecule has 1 N–H and O–H groups in total. The topological polar surface area (TPSA) is 85.4 Å². The van der Waals surface area contributed by atoms with E-state index in [9.17, 15) is 4.79 Å². The first kappa shape index (κ1) is 19.2. The van der Waals surface area contributed by atoms with Crippen LogP contribution in [-0.4, -0.2) is 45.3 Å². The fourth-order valence-electron chi connectivity index (χ4n) is 3.40. The van der Waals surface area contributed by atoms with E-state index in [1.807, 2.05) is 49.4 Å². The molecule has 0 saturated carbocycles. The van der Waals surface area contributed by atoms with Crippen molar-refractivity contribution in [3.63, 3.8) is 0 Å². The second-order valence-electron chi connectivity index (χ2n) is 7.10. The first-order chi connectivity index (χ1) is 14.2. The number of nitrogens with one attached hydrogen (secondary N) is 1. The molecule has 8 nitrogen and oxygen atoms in total. The number of rotatable bonds is 7. The molecule has 3 heterocycles. The van der Waals surface area contributed by atoms with Gasteiger partial charge in [-0.15, -0.1) is 10.2 Å². The van der Waals surface area contributed by atoms with Gasteiger partial charge in [0.15, 0.2) is 12.4 Å². The van der Waals surface area contributed by atoms with Gasteiger partial charge < -0.3 is 19.0 Å². The first-order valence-electron chi connectivity index (χ1n) is 9.80. The maximum absolute atomic E-state index is 12.1. The third kappa shape index (κ3) is 5.03. The fraction of sp³-hybridized carbons (Fsp3) is 0.381. The number of nitrogens with zero attached hydrogens (tertiary/aromatic N) is 4. The second kappa shape index (κ2) is 8.91. The van der Waals surface area contributed by atoms with Crippen molar-refractivity contribution in [2.24, 2.45) is 0 Å². The van der Waals surface area contributed by atoms with E-state index in [1.165, 1.54) is 0 Å². The Kier molecular flexibility index (Phi) is 5.90. The van der Waals surface area contributed by atoms with Crippen LogP contribution in [0.15, 0.2) is 46.9 Å². The Hall–Kier alpha value is -3.13. The van der Waals surface area contributed by atoms with Gasteiger partial charge in [0.05, 0.1) is 13.1 Å². The highest BCUT2D eigenvalue weighted by atomic mass is 16.5. The van der Waals surface area contributed by atoms with Gasteiger partial charge in [0.1, 0.15) is 23.1 Å². The van der Waals surface area contributed by atoms with Crippen LogP contribution in [0.1, 0.15) is 23.2 Å². The van der Waals surface area contributed by atoms with E-state index in [-0.39, 0.29) is 12.5 Å². The minimum atomic E-state index is -0.186. The lowest BCUT2D eigenvalue weighted by Gasteiger charge is -2.18. The average molecular weight is 395 g/mol. The van der Waals surface area contributed by atoms with Gasteiger partial charge in [0.2, 0.25) is 0 Å². The Morgan fingerprint density at radius 1 is 1.14 bits per heavy atom. The highest BCUT2D eigenvalue weighted by molar-refractivity contribution is 5.77. The van der Waals surface area contributed by atoms with Crippen LogP contribution >= 0.6 is 0 Å². The van der Waals surface area contributed by atoms with Crippen LogP contribution in [-0.2, 0) is 30.8 Å². The van der Waals surface area contributed by atoms with Gasteiger partial charge in [0.25, 0.3) is 5.91 Å². The molecule has 0 saturated heterocycles. The predicted molar refractivity (Wildman–Crippen MR) is 106 cm³/mol. The largest absolute Gasteiger partial charge is 0.484 e. The maximum atomic E-state index is 12.1. The van der Waals surface area contributed by atoms with Gasteiger partial charge in [0, 0.05) is 26.1 Å². The molecule has 2 aromatic heterocycles. The normalized spacial score (nSPS) is 14.2. The highest BCUT2D eigenvalue weighted by Crippen LogP contribution is 2.14. The average Bonchev–Trinajstić information content (AvgIpc) is 3.27. The third-order valence-corrected chi connectivity index (χ3v) is 4.93. The molecule has 0 unspecified atom stereocenters. The molecule has 0 fully saturated rings. The van der Waals surface area contributed by atoms with Gasteiger partial charge in [-0.2, -0.15) is 0 Å². The molecule has 152 valence electrons. The van der Waals surface area contributed by atoms with E-state index in [4.69, 9.17) is 9.15 Å². The predicted octanol–water partition coefficient (Wildman–Crippen LogP) is 1.93. The highest BCUT2D eigenvalue weighted by Gasteiger charge is 2.19. The number of aryl methyl sites for hydroxylation is 1. The molecule has 1 aromatic carbocycles. The Balaban J connectivity index is 1.28. The molecule has 29 heavy (non-hydrogen) atoms. The molecule has 0 bridgehead atoms. The van der Waals surface area contributed by atoms with Crippen molar-refractivity contribution in [3.05, 3.63) is 65.6 Å². The van der Waals surface area contributed by atoms with E-state index < -0.39 is 0 Å². The molecule has 1 aliphatic heterocycles. The number of fused-ring (bicyclic) bond motifs is 1. The molecule has 8 heteroatoms. The lowest BCUT2D eigenvalue weighted by Crippen LogP contribution is -2.30. The number of ether oxygens (including phenoxy) is 1. The van der Waals surface area contributed by atoms with Gasteiger partial charge in [-0.05, 0) is 31.2 Å². The van der Waals surface area contributed by atoms with Crippen LogP contribution in [0, 0.1) is 6.92 Å². The fourth-order valence-corrected chi connectivity index (χ4v) is 3.40. The molecule has 0 atom stereocenters. The summed E-state index contributed by atoms with van der Waals surface area (Å²) in [6.45, 7) is 5.61. The summed E-state index contributed by atoms with van der Waals surface area (Å²) in [6, 6.07) is 13.3. The zero-order valence-electron chi connectivity index (χ0n) is 16.5.